The maximum atomic E-state index is 13.8. The van der Waals surface area contributed by atoms with Gasteiger partial charge in [0.15, 0.2) is 0 Å². The molecule has 2 aromatic carbocycles. The minimum Gasteiger partial charge on any atom is -0.463 e. The van der Waals surface area contributed by atoms with Crippen molar-refractivity contribution < 1.29 is 13.9 Å². The third-order valence-corrected chi connectivity index (χ3v) is 5.75. The van der Waals surface area contributed by atoms with Crippen molar-refractivity contribution >= 4 is 17.6 Å². The minimum atomic E-state index is -0.722. The van der Waals surface area contributed by atoms with Crippen LogP contribution in [0.2, 0.25) is 5.02 Å². The zero-order valence-corrected chi connectivity index (χ0v) is 19.0. The lowest BCUT2D eigenvalue weighted by Gasteiger charge is -2.31. The Hall–Kier alpha value is -3.10. The van der Waals surface area contributed by atoms with Gasteiger partial charge in [-0.2, -0.15) is 5.26 Å². The van der Waals surface area contributed by atoms with E-state index in [-0.39, 0.29) is 11.6 Å². The number of esters is 1. The second-order valence-electron chi connectivity index (χ2n) is 7.58. The van der Waals surface area contributed by atoms with Crippen LogP contribution in [0.15, 0.2) is 71.1 Å². The molecular weight excluding hydrogens is 427 g/mol. The normalized spacial score (nSPS) is 15.9. The molecule has 1 unspecified atom stereocenters. The van der Waals surface area contributed by atoms with Gasteiger partial charge in [-0.25, -0.2) is 9.18 Å². The van der Waals surface area contributed by atoms with Crippen LogP contribution >= 0.6 is 11.6 Å². The first kappa shape index (κ1) is 23.6. The van der Waals surface area contributed by atoms with Crippen LogP contribution in [0.3, 0.4) is 0 Å². The van der Waals surface area contributed by atoms with Crippen LogP contribution < -0.4 is 5.32 Å². The Labute approximate surface area is 193 Å². The number of benzene rings is 2. The van der Waals surface area contributed by atoms with E-state index in [9.17, 15) is 14.4 Å². The Balaban J connectivity index is 2.13. The van der Waals surface area contributed by atoms with Crippen molar-refractivity contribution in [3.63, 3.8) is 0 Å². The van der Waals surface area contributed by atoms with Gasteiger partial charge in [0, 0.05) is 16.4 Å². The second kappa shape index (κ2) is 11.0. The molecule has 1 atom stereocenters. The third-order valence-electron chi connectivity index (χ3n) is 5.43. The number of dihydropyridines is 1. The molecule has 0 aromatic heterocycles. The van der Waals surface area contributed by atoms with E-state index in [1.807, 2.05) is 37.3 Å². The highest BCUT2D eigenvalue weighted by atomic mass is 35.5. The van der Waals surface area contributed by atoms with Gasteiger partial charge in [-0.05, 0) is 49.4 Å². The Kier molecular flexibility index (Phi) is 8.08. The first-order valence-electron chi connectivity index (χ1n) is 10.8. The van der Waals surface area contributed by atoms with E-state index >= 15 is 0 Å². The summed E-state index contributed by atoms with van der Waals surface area (Å²) in [6.07, 6.45) is 2.72. The van der Waals surface area contributed by atoms with Crippen LogP contribution in [0.1, 0.15) is 50.2 Å². The summed E-state index contributed by atoms with van der Waals surface area (Å²) in [5.41, 5.74) is 3.89. The monoisotopic (exact) mass is 452 g/mol. The van der Waals surface area contributed by atoms with Crippen LogP contribution in [0.25, 0.3) is 0 Å². The van der Waals surface area contributed by atoms with Gasteiger partial charge >= 0.3 is 5.97 Å². The average Bonchev–Trinajstić information content (AvgIpc) is 2.78. The highest BCUT2D eigenvalue weighted by Gasteiger charge is 2.37. The van der Waals surface area contributed by atoms with Gasteiger partial charge in [0.25, 0.3) is 0 Å². The minimum absolute atomic E-state index is 0.171. The molecule has 1 aliphatic heterocycles. The van der Waals surface area contributed by atoms with Crippen molar-refractivity contribution in [2.24, 2.45) is 0 Å². The maximum Gasteiger partial charge on any atom is 0.336 e. The van der Waals surface area contributed by atoms with Gasteiger partial charge in [-0.15, -0.1) is 0 Å². The molecule has 0 amide bonds. The Morgan fingerprint density at radius 2 is 1.88 bits per heavy atom. The van der Waals surface area contributed by atoms with Crippen LogP contribution in [-0.4, -0.2) is 12.6 Å². The summed E-state index contributed by atoms with van der Waals surface area (Å²) in [5.74, 6) is -1.70. The standard InChI is InChI=1S/C26H26ClFN2O2/c1-3-8-23-25(26(31)32-4-2)24(19-13-12-18(28)15-21(19)27)20(16-29)22(30-23)14-11-17-9-6-5-7-10-17/h5-7,9-10,12-13,15,24,30H,3-4,8,11,14H2,1-2H3. The molecule has 1 heterocycles. The van der Waals surface area contributed by atoms with Gasteiger partial charge in [0.05, 0.1) is 29.7 Å². The number of nitriles is 1. The number of halogens is 2. The first-order valence-corrected chi connectivity index (χ1v) is 11.2. The molecule has 0 bridgehead atoms. The number of nitrogens with zero attached hydrogens (tertiary/aromatic N) is 1. The molecule has 0 fully saturated rings. The predicted octanol–water partition coefficient (Wildman–Crippen LogP) is 6.19. The van der Waals surface area contributed by atoms with E-state index < -0.39 is 17.7 Å². The second-order valence-corrected chi connectivity index (χ2v) is 7.98. The lowest BCUT2D eigenvalue weighted by molar-refractivity contribution is -0.138. The SMILES string of the molecule is CCCC1=C(C(=O)OCC)C(c2ccc(F)cc2Cl)C(C#N)=C(CCc2ccccc2)N1. The van der Waals surface area contributed by atoms with Crippen molar-refractivity contribution in [3.05, 3.63) is 93.0 Å². The van der Waals surface area contributed by atoms with Crippen molar-refractivity contribution in [1.82, 2.24) is 5.32 Å². The van der Waals surface area contributed by atoms with Crippen molar-refractivity contribution in [2.45, 2.75) is 45.4 Å². The number of hydrogen-bond donors (Lipinski definition) is 1. The molecule has 6 heteroatoms. The number of aryl methyl sites for hydroxylation is 1. The summed E-state index contributed by atoms with van der Waals surface area (Å²) >= 11 is 6.41. The van der Waals surface area contributed by atoms with E-state index in [2.05, 4.69) is 11.4 Å². The lowest BCUT2D eigenvalue weighted by atomic mass is 9.79. The molecule has 0 radical (unpaired) electrons. The highest BCUT2D eigenvalue weighted by Crippen LogP contribution is 2.42. The number of nitrogens with one attached hydrogen (secondary N) is 1. The Bertz CT molecular complexity index is 1090. The van der Waals surface area contributed by atoms with Gasteiger partial charge in [-0.1, -0.05) is 61.3 Å². The number of allylic oxidation sites excluding steroid dienone is 3. The quantitative estimate of drug-likeness (QED) is 0.485. The number of rotatable bonds is 8. The summed E-state index contributed by atoms with van der Waals surface area (Å²) in [7, 11) is 0. The van der Waals surface area contributed by atoms with Crippen molar-refractivity contribution in [3.8, 4) is 6.07 Å². The molecule has 0 saturated carbocycles. The summed E-state index contributed by atoms with van der Waals surface area (Å²) in [6.45, 7) is 3.96. The predicted molar refractivity (Wildman–Crippen MR) is 123 cm³/mol. The fourth-order valence-electron chi connectivity index (χ4n) is 4.00. The highest BCUT2D eigenvalue weighted by molar-refractivity contribution is 6.31. The molecule has 1 N–H and O–H groups in total. The maximum absolute atomic E-state index is 13.8. The molecule has 2 aromatic rings. The van der Waals surface area contributed by atoms with Crippen LogP contribution in [0.4, 0.5) is 4.39 Å². The smallest absolute Gasteiger partial charge is 0.336 e. The van der Waals surface area contributed by atoms with E-state index in [0.29, 0.717) is 29.6 Å². The molecule has 4 nitrogen and oxygen atoms in total. The van der Waals surface area contributed by atoms with Gasteiger partial charge in [0.1, 0.15) is 5.82 Å². The number of carbonyl (C=O) groups excluding carboxylic acids is 1. The summed E-state index contributed by atoms with van der Waals surface area (Å²) in [6, 6.07) is 16.3. The first-order chi connectivity index (χ1) is 15.5. The molecule has 1 aliphatic rings. The number of carbonyl (C=O) groups is 1. The van der Waals surface area contributed by atoms with E-state index in [4.69, 9.17) is 16.3 Å². The molecule has 32 heavy (non-hydrogen) atoms. The zero-order chi connectivity index (χ0) is 23.1. The molecule has 0 saturated heterocycles. The van der Waals surface area contributed by atoms with Crippen molar-refractivity contribution in [2.75, 3.05) is 6.61 Å². The molecule has 0 spiro atoms. The molecule has 0 aliphatic carbocycles. The molecule has 166 valence electrons. The topological polar surface area (TPSA) is 62.1 Å². The van der Waals surface area contributed by atoms with Gasteiger partial charge in [-0.3, -0.25) is 0 Å². The van der Waals surface area contributed by atoms with Crippen LogP contribution in [0.5, 0.6) is 0 Å². The molecular formula is C26H26ClFN2O2. The van der Waals surface area contributed by atoms with E-state index in [1.54, 1.807) is 13.0 Å². The molecule has 3 rings (SSSR count). The summed E-state index contributed by atoms with van der Waals surface area (Å²) < 4.78 is 19.1. The van der Waals surface area contributed by atoms with Gasteiger partial charge in [0.2, 0.25) is 0 Å². The number of hydrogen-bond acceptors (Lipinski definition) is 4. The third kappa shape index (κ3) is 5.20. The largest absolute Gasteiger partial charge is 0.463 e. The van der Waals surface area contributed by atoms with E-state index in [1.165, 1.54) is 12.1 Å². The fraction of sp³-hybridized carbons (Fsp3) is 0.308. The lowest BCUT2D eigenvalue weighted by Crippen LogP contribution is -2.31. The summed E-state index contributed by atoms with van der Waals surface area (Å²) in [4.78, 5) is 13.0. The Morgan fingerprint density at radius 1 is 1.12 bits per heavy atom. The fourth-order valence-corrected chi connectivity index (χ4v) is 4.27. The Morgan fingerprint density at radius 3 is 2.50 bits per heavy atom. The van der Waals surface area contributed by atoms with Crippen LogP contribution in [0, 0.1) is 17.1 Å². The number of ether oxygens (including phenoxy) is 1. The van der Waals surface area contributed by atoms with Crippen LogP contribution in [-0.2, 0) is 16.0 Å². The zero-order valence-electron chi connectivity index (χ0n) is 18.3. The summed E-state index contributed by atoms with van der Waals surface area (Å²) in [5, 5.41) is 13.7. The average molecular weight is 453 g/mol. The van der Waals surface area contributed by atoms with Crippen molar-refractivity contribution in [1.29, 1.82) is 5.26 Å². The van der Waals surface area contributed by atoms with Gasteiger partial charge < -0.3 is 10.1 Å². The van der Waals surface area contributed by atoms with E-state index in [0.717, 1.165) is 29.8 Å².